The molecule has 0 spiro atoms. The first-order valence-electron chi connectivity index (χ1n) is 5.29. The van der Waals surface area contributed by atoms with Crippen LogP contribution < -0.4 is 5.32 Å². The first kappa shape index (κ1) is 14.5. The number of hydrogen-bond donors (Lipinski definition) is 1. The van der Waals surface area contributed by atoms with Crippen LogP contribution in [0.3, 0.4) is 0 Å². The van der Waals surface area contributed by atoms with Crippen molar-refractivity contribution in [3.05, 3.63) is 63.6 Å². The van der Waals surface area contributed by atoms with Crippen molar-refractivity contribution in [3.63, 3.8) is 0 Å². The minimum atomic E-state index is -1.62. The summed E-state index contributed by atoms with van der Waals surface area (Å²) in [7, 11) is 0. The maximum absolute atomic E-state index is 13.0. The lowest BCUT2D eigenvalue weighted by molar-refractivity contribution is 0.102. The van der Waals surface area contributed by atoms with Crippen LogP contribution in [0.25, 0.3) is 0 Å². The summed E-state index contributed by atoms with van der Waals surface area (Å²) in [6, 6.07) is 4.77. The number of amides is 1. The lowest BCUT2D eigenvalue weighted by atomic mass is 10.2. The highest BCUT2D eigenvalue weighted by atomic mass is 79.9. The number of carbonyl (C=O) groups excluding carboxylic acids is 1. The Morgan fingerprint density at radius 1 is 0.950 bits per heavy atom. The van der Waals surface area contributed by atoms with Gasteiger partial charge in [0.1, 0.15) is 5.82 Å². The summed E-state index contributed by atoms with van der Waals surface area (Å²) in [6.45, 7) is 0. The summed E-state index contributed by atoms with van der Waals surface area (Å²) in [5.41, 5.74) is -0.171. The van der Waals surface area contributed by atoms with Gasteiger partial charge in [0, 0.05) is 23.4 Å². The largest absolute Gasteiger partial charge is 0.322 e. The zero-order valence-electron chi connectivity index (χ0n) is 9.68. The molecule has 0 unspecified atom stereocenters. The molecule has 1 N–H and O–H groups in total. The van der Waals surface area contributed by atoms with E-state index >= 15 is 0 Å². The maximum Gasteiger partial charge on any atom is 0.255 e. The van der Waals surface area contributed by atoms with Gasteiger partial charge in [-0.2, -0.15) is 0 Å². The number of benzene rings is 2. The van der Waals surface area contributed by atoms with Gasteiger partial charge in [-0.1, -0.05) is 0 Å². The summed E-state index contributed by atoms with van der Waals surface area (Å²) in [6.07, 6.45) is 0. The molecule has 7 heteroatoms. The molecule has 2 aromatic rings. The van der Waals surface area contributed by atoms with Gasteiger partial charge in [0.05, 0.1) is 4.47 Å². The first-order chi connectivity index (χ1) is 9.38. The van der Waals surface area contributed by atoms with E-state index in [0.717, 1.165) is 6.07 Å². The monoisotopic (exact) mass is 347 g/mol. The van der Waals surface area contributed by atoms with Crippen LogP contribution in [-0.4, -0.2) is 5.91 Å². The van der Waals surface area contributed by atoms with E-state index in [0.29, 0.717) is 12.1 Å². The summed E-state index contributed by atoms with van der Waals surface area (Å²) in [5, 5.41) is 2.18. The van der Waals surface area contributed by atoms with Gasteiger partial charge in [0.2, 0.25) is 0 Å². The second-order valence-electron chi connectivity index (χ2n) is 3.84. The lowest BCUT2D eigenvalue weighted by Crippen LogP contribution is -2.12. The number of carbonyl (C=O) groups is 1. The van der Waals surface area contributed by atoms with Crippen molar-refractivity contribution in [2.45, 2.75) is 0 Å². The fourth-order valence-corrected chi connectivity index (χ4v) is 1.85. The van der Waals surface area contributed by atoms with E-state index in [1.807, 2.05) is 0 Å². The fraction of sp³-hybridized carbons (Fsp3) is 0. The fourth-order valence-electron chi connectivity index (χ4n) is 1.47. The topological polar surface area (TPSA) is 29.1 Å². The van der Waals surface area contributed by atoms with E-state index in [1.54, 1.807) is 0 Å². The number of anilines is 1. The molecule has 0 saturated heterocycles. The van der Waals surface area contributed by atoms with Crippen LogP contribution in [0.15, 0.2) is 34.8 Å². The van der Waals surface area contributed by atoms with E-state index in [9.17, 15) is 22.4 Å². The van der Waals surface area contributed by atoms with E-state index < -0.39 is 29.2 Å². The van der Waals surface area contributed by atoms with Gasteiger partial charge < -0.3 is 5.32 Å². The van der Waals surface area contributed by atoms with Crippen LogP contribution in [-0.2, 0) is 0 Å². The molecule has 0 aliphatic rings. The van der Waals surface area contributed by atoms with Crippen LogP contribution in [0, 0.1) is 23.3 Å². The highest BCUT2D eigenvalue weighted by Crippen LogP contribution is 2.20. The van der Waals surface area contributed by atoms with Crippen molar-refractivity contribution >= 4 is 27.5 Å². The SMILES string of the molecule is O=C(Nc1cc(F)c(F)c(F)c1)c1ccc(F)c(Br)c1. The van der Waals surface area contributed by atoms with E-state index in [4.69, 9.17) is 0 Å². The molecule has 0 fully saturated rings. The van der Waals surface area contributed by atoms with Crippen molar-refractivity contribution in [1.82, 2.24) is 0 Å². The van der Waals surface area contributed by atoms with E-state index in [-0.39, 0.29) is 15.7 Å². The summed E-state index contributed by atoms with van der Waals surface area (Å²) in [5.74, 6) is -5.72. The molecular weight excluding hydrogens is 342 g/mol. The quantitative estimate of drug-likeness (QED) is 0.638. The second-order valence-corrected chi connectivity index (χ2v) is 4.69. The molecule has 0 aliphatic heterocycles. The Balaban J connectivity index is 2.25. The van der Waals surface area contributed by atoms with E-state index in [1.165, 1.54) is 12.1 Å². The number of hydrogen-bond acceptors (Lipinski definition) is 1. The average Bonchev–Trinajstić information content (AvgIpc) is 2.39. The highest BCUT2D eigenvalue weighted by Gasteiger charge is 2.13. The number of nitrogens with one attached hydrogen (secondary N) is 1. The zero-order valence-corrected chi connectivity index (χ0v) is 11.3. The van der Waals surface area contributed by atoms with Crippen LogP contribution >= 0.6 is 15.9 Å². The van der Waals surface area contributed by atoms with Gasteiger partial charge in [-0.05, 0) is 34.1 Å². The first-order valence-corrected chi connectivity index (χ1v) is 6.08. The minimum Gasteiger partial charge on any atom is -0.322 e. The molecule has 2 aromatic carbocycles. The van der Waals surface area contributed by atoms with Crippen LogP contribution in [0.2, 0.25) is 0 Å². The van der Waals surface area contributed by atoms with Crippen molar-refractivity contribution in [3.8, 4) is 0 Å². The summed E-state index contributed by atoms with van der Waals surface area (Å²) >= 11 is 2.91. The molecule has 2 nitrogen and oxygen atoms in total. The molecule has 1 amide bonds. The van der Waals surface area contributed by atoms with Crippen LogP contribution in [0.1, 0.15) is 10.4 Å². The summed E-state index contributed by atoms with van der Waals surface area (Å²) < 4.78 is 51.8. The van der Waals surface area contributed by atoms with Gasteiger partial charge in [-0.25, -0.2) is 17.6 Å². The van der Waals surface area contributed by atoms with E-state index in [2.05, 4.69) is 21.2 Å². The standard InChI is InChI=1S/C13H6BrF4NO/c14-8-3-6(1-2-9(8)15)13(20)19-7-4-10(16)12(18)11(17)5-7/h1-5H,(H,19,20). The number of halogens is 5. The molecule has 0 bridgehead atoms. The molecular formula is C13H6BrF4NO. The predicted molar refractivity (Wildman–Crippen MR) is 68.4 cm³/mol. The Kier molecular flexibility index (Phi) is 4.08. The Morgan fingerprint density at radius 3 is 2.10 bits per heavy atom. The third kappa shape index (κ3) is 2.98. The second kappa shape index (κ2) is 5.62. The smallest absolute Gasteiger partial charge is 0.255 e. The molecule has 0 heterocycles. The van der Waals surface area contributed by atoms with Crippen LogP contribution in [0.4, 0.5) is 23.2 Å². The Hall–Kier alpha value is -1.89. The molecule has 0 atom stereocenters. The molecule has 104 valence electrons. The average molecular weight is 348 g/mol. The van der Waals surface area contributed by atoms with Crippen molar-refractivity contribution in [2.24, 2.45) is 0 Å². The Bertz CT molecular complexity index is 667. The molecule has 0 radical (unpaired) electrons. The molecule has 0 aromatic heterocycles. The van der Waals surface area contributed by atoms with Gasteiger partial charge in [-0.15, -0.1) is 0 Å². The molecule has 0 saturated carbocycles. The third-order valence-electron chi connectivity index (χ3n) is 2.42. The molecule has 2 rings (SSSR count). The van der Waals surface area contributed by atoms with Crippen molar-refractivity contribution < 1.29 is 22.4 Å². The molecule has 20 heavy (non-hydrogen) atoms. The normalized spacial score (nSPS) is 10.4. The summed E-state index contributed by atoms with van der Waals surface area (Å²) in [4.78, 5) is 11.8. The predicted octanol–water partition coefficient (Wildman–Crippen LogP) is 4.26. The molecule has 0 aliphatic carbocycles. The zero-order chi connectivity index (χ0) is 14.9. The van der Waals surface area contributed by atoms with Gasteiger partial charge in [0.15, 0.2) is 17.5 Å². The van der Waals surface area contributed by atoms with Crippen molar-refractivity contribution in [1.29, 1.82) is 0 Å². The van der Waals surface area contributed by atoms with Crippen LogP contribution in [0.5, 0.6) is 0 Å². The van der Waals surface area contributed by atoms with Crippen molar-refractivity contribution in [2.75, 3.05) is 5.32 Å². The maximum atomic E-state index is 13.0. The van der Waals surface area contributed by atoms with Gasteiger partial charge in [-0.3, -0.25) is 4.79 Å². The lowest BCUT2D eigenvalue weighted by Gasteiger charge is -2.07. The number of rotatable bonds is 2. The minimum absolute atomic E-state index is 0.0709. The van der Waals surface area contributed by atoms with Gasteiger partial charge in [0.25, 0.3) is 5.91 Å². The van der Waals surface area contributed by atoms with Gasteiger partial charge >= 0.3 is 0 Å². The third-order valence-corrected chi connectivity index (χ3v) is 3.03. The Labute approximate surface area is 119 Å². The Morgan fingerprint density at radius 2 is 1.55 bits per heavy atom. The highest BCUT2D eigenvalue weighted by molar-refractivity contribution is 9.10.